The van der Waals surface area contributed by atoms with Crippen LogP contribution < -0.4 is 15.4 Å². The molecule has 1 fully saturated rings. The van der Waals surface area contributed by atoms with Crippen molar-refractivity contribution in [2.45, 2.75) is 37.6 Å². The summed E-state index contributed by atoms with van der Waals surface area (Å²) in [5.41, 5.74) is 0.491. The minimum Gasteiger partial charge on any atom is -0.355 e. The molecule has 1 atom stereocenters. The van der Waals surface area contributed by atoms with Crippen molar-refractivity contribution >= 4 is 15.9 Å². The van der Waals surface area contributed by atoms with Crippen LogP contribution in [-0.2, 0) is 10.0 Å². The van der Waals surface area contributed by atoms with Crippen LogP contribution >= 0.6 is 0 Å². The summed E-state index contributed by atoms with van der Waals surface area (Å²) in [6.07, 6.45) is 2.18. The van der Waals surface area contributed by atoms with E-state index < -0.39 is 10.0 Å². The predicted molar refractivity (Wildman–Crippen MR) is 89.8 cm³/mol. The zero-order valence-corrected chi connectivity index (χ0v) is 14.7. The van der Waals surface area contributed by atoms with E-state index in [0.717, 1.165) is 19.4 Å². The summed E-state index contributed by atoms with van der Waals surface area (Å²) < 4.78 is 27.5. The van der Waals surface area contributed by atoms with E-state index in [0.29, 0.717) is 12.1 Å². The molecular weight excluding hydrogens is 314 g/mol. The van der Waals surface area contributed by atoms with E-state index in [4.69, 9.17) is 0 Å². The van der Waals surface area contributed by atoms with Crippen LogP contribution in [0.2, 0.25) is 0 Å². The SMILES string of the molecule is CNC(=O)c1ccc(S(=O)(=O)NCC2NCCCC2(C)C)cc1. The van der Waals surface area contributed by atoms with Crippen molar-refractivity contribution in [3.8, 4) is 0 Å². The Morgan fingerprint density at radius 1 is 1.30 bits per heavy atom. The third-order valence-corrected chi connectivity index (χ3v) is 5.90. The van der Waals surface area contributed by atoms with Gasteiger partial charge in [0.15, 0.2) is 0 Å². The van der Waals surface area contributed by atoms with Gasteiger partial charge in [-0.3, -0.25) is 4.79 Å². The molecule has 0 radical (unpaired) electrons. The lowest BCUT2D eigenvalue weighted by atomic mass is 9.78. The van der Waals surface area contributed by atoms with Crippen LogP contribution in [0, 0.1) is 5.41 Å². The highest BCUT2D eigenvalue weighted by atomic mass is 32.2. The Hall–Kier alpha value is -1.44. The maximum Gasteiger partial charge on any atom is 0.251 e. The summed E-state index contributed by atoms with van der Waals surface area (Å²) in [6, 6.07) is 6.03. The van der Waals surface area contributed by atoms with Crippen molar-refractivity contribution in [2.75, 3.05) is 20.1 Å². The summed E-state index contributed by atoms with van der Waals surface area (Å²) in [5.74, 6) is -0.241. The molecule has 6 nitrogen and oxygen atoms in total. The zero-order valence-electron chi connectivity index (χ0n) is 13.8. The molecule has 0 spiro atoms. The van der Waals surface area contributed by atoms with Crippen molar-refractivity contribution in [2.24, 2.45) is 5.41 Å². The zero-order chi connectivity index (χ0) is 17.1. The van der Waals surface area contributed by atoms with Crippen LogP contribution in [-0.4, -0.2) is 40.5 Å². The molecule has 0 aromatic heterocycles. The van der Waals surface area contributed by atoms with Crippen LogP contribution in [0.4, 0.5) is 0 Å². The molecule has 1 unspecified atom stereocenters. The number of carbonyl (C=O) groups is 1. The van der Waals surface area contributed by atoms with E-state index in [-0.39, 0.29) is 22.3 Å². The maximum absolute atomic E-state index is 12.4. The summed E-state index contributed by atoms with van der Waals surface area (Å²) in [7, 11) is -2.05. The third kappa shape index (κ3) is 4.31. The van der Waals surface area contributed by atoms with Crippen molar-refractivity contribution in [1.82, 2.24) is 15.4 Å². The first-order valence-corrected chi connectivity index (χ1v) is 9.30. The third-order valence-electron chi connectivity index (χ3n) is 4.46. The summed E-state index contributed by atoms with van der Waals surface area (Å²) in [6.45, 7) is 5.57. The monoisotopic (exact) mass is 339 g/mol. The smallest absolute Gasteiger partial charge is 0.251 e. The topological polar surface area (TPSA) is 87.3 Å². The number of nitrogens with one attached hydrogen (secondary N) is 3. The largest absolute Gasteiger partial charge is 0.355 e. The number of piperidine rings is 1. The number of hydrogen-bond acceptors (Lipinski definition) is 4. The number of hydrogen-bond donors (Lipinski definition) is 3. The van der Waals surface area contributed by atoms with Gasteiger partial charge in [-0.15, -0.1) is 0 Å². The van der Waals surface area contributed by atoms with Crippen LogP contribution in [0.25, 0.3) is 0 Å². The van der Waals surface area contributed by atoms with Gasteiger partial charge in [0.2, 0.25) is 10.0 Å². The Balaban J connectivity index is 2.05. The van der Waals surface area contributed by atoms with Crippen molar-refractivity contribution < 1.29 is 13.2 Å². The molecule has 128 valence electrons. The van der Waals surface area contributed by atoms with E-state index in [2.05, 4.69) is 29.2 Å². The highest BCUT2D eigenvalue weighted by molar-refractivity contribution is 7.89. The summed E-state index contributed by atoms with van der Waals surface area (Å²) >= 11 is 0. The average molecular weight is 339 g/mol. The van der Waals surface area contributed by atoms with E-state index in [9.17, 15) is 13.2 Å². The Bertz CT molecular complexity index is 654. The van der Waals surface area contributed by atoms with Gasteiger partial charge in [-0.2, -0.15) is 0 Å². The van der Waals surface area contributed by atoms with E-state index in [1.165, 1.54) is 31.3 Å². The molecule has 1 saturated heterocycles. The molecule has 1 heterocycles. The lowest BCUT2D eigenvalue weighted by Gasteiger charge is -2.39. The Labute approximate surface area is 138 Å². The van der Waals surface area contributed by atoms with Crippen LogP contribution in [0.15, 0.2) is 29.2 Å². The highest BCUT2D eigenvalue weighted by Crippen LogP contribution is 2.29. The van der Waals surface area contributed by atoms with Gasteiger partial charge in [-0.25, -0.2) is 13.1 Å². The van der Waals surface area contributed by atoms with Gasteiger partial charge in [0.25, 0.3) is 5.91 Å². The first kappa shape index (κ1) is 17.9. The second-order valence-corrected chi connectivity index (χ2v) is 8.32. The predicted octanol–water partition coefficient (Wildman–Crippen LogP) is 1.10. The van der Waals surface area contributed by atoms with E-state index in [1.807, 2.05) is 0 Å². The van der Waals surface area contributed by atoms with E-state index in [1.54, 1.807) is 0 Å². The standard InChI is InChI=1S/C16H25N3O3S/c1-16(2)9-4-10-18-14(16)11-19-23(21,22)13-7-5-12(6-8-13)15(20)17-3/h5-8,14,18-19H,4,9-11H2,1-3H3,(H,17,20). The minimum atomic E-state index is -3.58. The number of rotatable bonds is 5. The number of carbonyl (C=O) groups excluding carboxylic acids is 1. The van der Waals surface area contributed by atoms with Crippen molar-refractivity contribution in [3.05, 3.63) is 29.8 Å². The van der Waals surface area contributed by atoms with Gasteiger partial charge in [0.05, 0.1) is 4.90 Å². The van der Waals surface area contributed by atoms with Gasteiger partial charge in [-0.05, 0) is 49.1 Å². The van der Waals surface area contributed by atoms with Gasteiger partial charge in [-0.1, -0.05) is 13.8 Å². The lowest BCUT2D eigenvalue weighted by Crippen LogP contribution is -2.52. The normalized spacial score (nSPS) is 20.9. The molecule has 2 rings (SSSR count). The Morgan fingerprint density at radius 2 is 1.96 bits per heavy atom. The first-order valence-electron chi connectivity index (χ1n) is 7.81. The van der Waals surface area contributed by atoms with Gasteiger partial charge in [0.1, 0.15) is 0 Å². The van der Waals surface area contributed by atoms with Crippen molar-refractivity contribution in [1.29, 1.82) is 0 Å². The van der Waals surface area contributed by atoms with Crippen LogP contribution in [0.5, 0.6) is 0 Å². The first-order chi connectivity index (χ1) is 10.8. The van der Waals surface area contributed by atoms with E-state index >= 15 is 0 Å². The number of amides is 1. The molecular formula is C16H25N3O3S. The summed E-state index contributed by atoms with van der Waals surface area (Å²) in [5, 5.41) is 5.89. The fourth-order valence-corrected chi connectivity index (χ4v) is 3.87. The van der Waals surface area contributed by atoms with Crippen LogP contribution in [0.1, 0.15) is 37.0 Å². The molecule has 23 heavy (non-hydrogen) atoms. The highest BCUT2D eigenvalue weighted by Gasteiger charge is 2.32. The lowest BCUT2D eigenvalue weighted by molar-refractivity contribution is 0.0963. The van der Waals surface area contributed by atoms with Gasteiger partial charge >= 0.3 is 0 Å². The molecule has 1 aliphatic rings. The van der Waals surface area contributed by atoms with Crippen molar-refractivity contribution in [3.63, 3.8) is 0 Å². The number of benzene rings is 1. The minimum absolute atomic E-state index is 0.0594. The molecule has 0 saturated carbocycles. The molecule has 1 aromatic rings. The molecule has 1 aromatic carbocycles. The molecule has 1 aliphatic heterocycles. The van der Waals surface area contributed by atoms with Crippen LogP contribution in [0.3, 0.4) is 0 Å². The molecule has 0 aliphatic carbocycles. The van der Waals surface area contributed by atoms with Gasteiger partial charge in [0, 0.05) is 25.2 Å². The Kier molecular flexibility index (Phi) is 5.44. The Morgan fingerprint density at radius 3 is 2.52 bits per heavy atom. The van der Waals surface area contributed by atoms with Gasteiger partial charge < -0.3 is 10.6 Å². The second-order valence-electron chi connectivity index (χ2n) is 6.55. The second kappa shape index (κ2) is 6.98. The quantitative estimate of drug-likeness (QED) is 0.750. The summed E-state index contributed by atoms with van der Waals surface area (Å²) in [4.78, 5) is 11.7. The fourth-order valence-electron chi connectivity index (χ4n) is 2.83. The average Bonchev–Trinajstić information content (AvgIpc) is 2.53. The number of sulfonamides is 1. The molecule has 0 bridgehead atoms. The molecule has 3 N–H and O–H groups in total. The molecule has 7 heteroatoms. The maximum atomic E-state index is 12.4. The fraction of sp³-hybridized carbons (Fsp3) is 0.562. The molecule has 1 amide bonds.